The van der Waals surface area contributed by atoms with Gasteiger partial charge in [0.15, 0.2) is 11.6 Å². The van der Waals surface area contributed by atoms with E-state index in [2.05, 4.69) is 15.3 Å². The molecule has 0 aromatic carbocycles. The Labute approximate surface area is 112 Å². The van der Waals surface area contributed by atoms with Crippen LogP contribution in [-0.2, 0) is 0 Å². The molecule has 5 nitrogen and oxygen atoms in total. The van der Waals surface area contributed by atoms with Crippen molar-refractivity contribution in [2.24, 2.45) is 0 Å². The quantitative estimate of drug-likeness (QED) is 0.823. The van der Waals surface area contributed by atoms with Crippen molar-refractivity contribution in [3.05, 3.63) is 12.0 Å². The molecule has 1 aliphatic rings. The number of anilines is 2. The van der Waals surface area contributed by atoms with Crippen LogP contribution in [0.4, 0.5) is 16.2 Å². The highest BCUT2D eigenvalue weighted by molar-refractivity contribution is 5.45. The maximum Gasteiger partial charge on any atom is 0.224 e. The molecule has 0 amide bonds. The molecule has 0 aliphatic carbocycles. The van der Waals surface area contributed by atoms with Crippen molar-refractivity contribution in [3.8, 4) is 0 Å². The van der Waals surface area contributed by atoms with E-state index in [1.165, 1.54) is 6.20 Å². The third-order valence-corrected chi connectivity index (χ3v) is 3.41. The summed E-state index contributed by atoms with van der Waals surface area (Å²) in [6.07, 6.45) is 4.90. The molecular formula is C13H21FN4O. The maximum absolute atomic E-state index is 13.9. The van der Waals surface area contributed by atoms with E-state index < -0.39 is 0 Å². The summed E-state index contributed by atoms with van der Waals surface area (Å²) in [6.45, 7) is 3.65. The zero-order valence-corrected chi connectivity index (χ0v) is 11.3. The monoisotopic (exact) mass is 268 g/mol. The summed E-state index contributed by atoms with van der Waals surface area (Å²) in [5.41, 5.74) is 0. The molecule has 1 saturated heterocycles. The van der Waals surface area contributed by atoms with Crippen molar-refractivity contribution in [2.45, 2.75) is 38.6 Å². The van der Waals surface area contributed by atoms with Gasteiger partial charge in [-0.2, -0.15) is 4.98 Å². The van der Waals surface area contributed by atoms with Gasteiger partial charge < -0.3 is 15.3 Å². The first-order valence-corrected chi connectivity index (χ1v) is 6.90. The highest BCUT2D eigenvalue weighted by Gasteiger charge is 2.27. The molecule has 1 aromatic rings. The average Bonchev–Trinajstić information content (AvgIpc) is 2.87. The Morgan fingerprint density at radius 1 is 1.58 bits per heavy atom. The number of hydrogen-bond acceptors (Lipinski definition) is 5. The number of rotatable bonds is 6. The molecule has 0 spiro atoms. The molecule has 1 fully saturated rings. The van der Waals surface area contributed by atoms with Crippen LogP contribution in [0.2, 0.25) is 0 Å². The fourth-order valence-electron chi connectivity index (χ4n) is 2.54. The Hall–Kier alpha value is -1.43. The zero-order chi connectivity index (χ0) is 13.7. The van der Waals surface area contributed by atoms with Crippen molar-refractivity contribution in [2.75, 3.05) is 29.9 Å². The number of aromatic nitrogens is 2. The summed E-state index contributed by atoms with van der Waals surface area (Å²) >= 11 is 0. The van der Waals surface area contributed by atoms with Crippen LogP contribution in [0.5, 0.6) is 0 Å². The Morgan fingerprint density at radius 2 is 2.42 bits per heavy atom. The van der Waals surface area contributed by atoms with Crippen LogP contribution in [0.3, 0.4) is 0 Å². The number of nitrogens with zero attached hydrogens (tertiary/aromatic N) is 3. The first-order chi connectivity index (χ1) is 9.26. The molecule has 0 bridgehead atoms. The zero-order valence-electron chi connectivity index (χ0n) is 11.3. The van der Waals surface area contributed by atoms with Crippen molar-refractivity contribution >= 4 is 11.8 Å². The Bertz CT molecular complexity index is 416. The van der Waals surface area contributed by atoms with Gasteiger partial charge in [-0.3, -0.25) is 0 Å². The van der Waals surface area contributed by atoms with Gasteiger partial charge >= 0.3 is 0 Å². The van der Waals surface area contributed by atoms with E-state index in [0.717, 1.165) is 32.2 Å². The maximum atomic E-state index is 13.9. The number of hydrogen-bond donors (Lipinski definition) is 2. The lowest BCUT2D eigenvalue weighted by Gasteiger charge is -2.26. The third-order valence-electron chi connectivity index (χ3n) is 3.41. The van der Waals surface area contributed by atoms with Crippen molar-refractivity contribution in [3.63, 3.8) is 0 Å². The largest absolute Gasteiger partial charge is 0.396 e. The van der Waals surface area contributed by atoms with Gasteiger partial charge in [-0.15, -0.1) is 0 Å². The van der Waals surface area contributed by atoms with Crippen LogP contribution in [-0.4, -0.2) is 40.8 Å². The highest BCUT2D eigenvalue weighted by atomic mass is 19.1. The lowest BCUT2D eigenvalue weighted by Crippen LogP contribution is -2.31. The second-order valence-electron chi connectivity index (χ2n) is 4.75. The number of nitrogens with one attached hydrogen (secondary N) is 1. The van der Waals surface area contributed by atoms with Crippen LogP contribution in [0, 0.1) is 5.82 Å². The first-order valence-electron chi connectivity index (χ1n) is 6.90. The van der Waals surface area contributed by atoms with E-state index in [1.807, 2.05) is 11.8 Å². The summed E-state index contributed by atoms with van der Waals surface area (Å²) in [6, 6.07) is 0.269. The van der Waals surface area contributed by atoms with E-state index in [9.17, 15) is 4.39 Å². The second-order valence-corrected chi connectivity index (χ2v) is 4.75. The average molecular weight is 268 g/mol. The lowest BCUT2D eigenvalue weighted by atomic mass is 10.1. The van der Waals surface area contributed by atoms with Crippen molar-refractivity contribution < 1.29 is 9.50 Å². The standard InChI is InChI=1S/C13H21FN4O/c1-2-15-13-16-9-11(14)12(17-13)18-7-3-5-10(18)6-4-8-19/h9-10,19H,2-8H2,1H3,(H,15,16,17). The predicted octanol–water partition coefficient (Wildman–Crippen LogP) is 1.79. The predicted molar refractivity (Wildman–Crippen MR) is 72.8 cm³/mol. The first kappa shape index (κ1) is 14.0. The minimum atomic E-state index is -0.377. The highest BCUT2D eigenvalue weighted by Crippen LogP contribution is 2.28. The number of halogens is 1. The summed E-state index contributed by atoms with van der Waals surface area (Å²) in [5, 5.41) is 11.9. The van der Waals surface area contributed by atoms with Crippen molar-refractivity contribution in [1.82, 2.24) is 9.97 Å². The fraction of sp³-hybridized carbons (Fsp3) is 0.692. The summed E-state index contributed by atoms with van der Waals surface area (Å²) in [5.74, 6) is 0.468. The fourth-order valence-corrected chi connectivity index (χ4v) is 2.54. The summed E-state index contributed by atoms with van der Waals surface area (Å²) in [4.78, 5) is 10.2. The van der Waals surface area contributed by atoms with Crippen LogP contribution in [0.15, 0.2) is 6.20 Å². The number of aliphatic hydroxyl groups is 1. The Morgan fingerprint density at radius 3 is 3.16 bits per heavy atom. The third kappa shape index (κ3) is 3.32. The Kier molecular flexibility index (Phi) is 4.90. The van der Waals surface area contributed by atoms with E-state index in [4.69, 9.17) is 5.11 Å². The van der Waals surface area contributed by atoms with Crippen LogP contribution < -0.4 is 10.2 Å². The van der Waals surface area contributed by atoms with Gasteiger partial charge in [0.25, 0.3) is 0 Å². The van der Waals surface area contributed by atoms with Gasteiger partial charge in [0.2, 0.25) is 5.95 Å². The molecule has 2 rings (SSSR count). The Balaban J connectivity index is 2.16. The number of aliphatic hydroxyl groups excluding tert-OH is 1. The lowest BCUT2D eigenvalue weighted by molar-refractivity contribution is 0.279. The summed E-state index contributed by atoms with van der Waals surface area (Å²) in [7, 11) is 0. The second kappa shape index (κ2) is 6.65. The molecular weight excluding hydrogens is 247 g/mol. The molecule has 19 heavy (non-hydrogen) atoms. The minimum Gasteiger partial charge on any atom is -0.396 e. The summed E-state index contributed by atoms with van der Waals surface area (Å²) < 4.78 is 13.9. The van der Waals surface area contributed by atoms with Crippen LogP contribution in [0.1, 0.15) is 32.6 Å². The smallest absolute Gasteiger partial charge is 0.224 e. The molecule has 1 aromatic heterocycles. The molecule has 1 atom stereocenters. The topological polar surface area (TPSA) is 61.3 Å². The van der Waals surface area contributed by atoms with Gasteiger partial charge in [-0.05, 0) is 32.6 Å². The molecule has 0 saturated carbocycles. The molecule has 2 heterocycles. The van der Waals surface area contributed by atoms with Gasteiger partial charge in [0.05, 0.1) is 6.20 Å². The van der Waals surface area contributed by atoms with Crippen LogP contribution >= 0.6 is 0 Å². The SMILES string of the molecule is CCNc1ncc(F)c(N2CCCC2CCCO)n1. The van der Waals surface area contributed by atoms with Gasteiger partial charge in [0, 0.05) is 25.7 Å². The molecule has 0 radical (unpaired) electrons. The van der Waals surface area contributed by atoms with E-state index in [-0.39, 0.29) is 18.5 Å². The molecule has 6 heteroatoms. The molecule has 1 aliphatic heterocycles. The van der Waals surface area contributed by atoms with Gasteiger partial charge in [0.1, 0.15) is 0 Å². The molecule has 1 unspecified atom stereocenters. The van der Waals surface area contributed by atoms with Crippen LogP contribution in [0.25, 0.3) is 0 Å². The van der Waals surface area contributed by atoms with E-state index >= 15 is 0 Å². The molecule has 2 N–H and O–H groups in total. The molecule has 106 valence electrons. The van der Waals surface area contributed by atoms with E-state index in [1.54, 1.807) is 0 Å². The minimum absolute atomic E-state index is 0.180. The van der Waals surface area contributed by atoms with Gasteiger partial charge in [-0.25, -0.2) is 9.37 Å². The van der Waals surface area contributed by atoms with Gasteiger partial charge in [-0.1, -0.05) is 0 Å². The van der Waals surface area contributed by atoms with E-state index in [0.29, 0.717) is 18.3 Å². The van der Waals surface area contributed by atoms with Crippen molar-refractivity contribution in [1.29, 1.82) is 0 Å². The normalized spacial score (nSPS) is 18.9.